The van der Waals surface area contributed by atoms with Crippen molar-refractivity contribution in [3.63, 3.8) is 0 Å². The Morgan fingerprint density at radius 1 is 1.44 bits per heavy atom. The third-order valence-corrected chi connectivity index (χ3v) is 2.27. The van der Waals surface area contributed by atoms with Crippen LogP contribution in [0, 0.1) is 12.7 Å². The number of methoxy groups -OCH3 is 1. The molecule has 2 atom stereocenters. The summed E-state index contributed by atoms with van der Waals surface area (Å²) < 4.78 is 17.2. The van der Waals surface area contributed by atoms with Gasteiger partial charge in [-0.2, -0.15) is 0 Å². The summed E-state index contributed by atoms with van der Waals surface area (Å²) in [5.41, 5.74) is 0.588. The molecule has 1 rings (SSSR count). The van der Waals surface area contributed by atoms with E-state index in [4.69, 9.17) is 0 Å². The number of benzene rings is 1. The van der Waals surface area contributed by atoms with E-state index in [9.17, 15) is 19.4 Å². The lowest BCUT2D eigenvalue weighted by atomic mass is 10.0. The lowest BCUT2D eigenvalue weighted by Crippen LogP contribution is -2.29. The van der Waals surface area contributed by atoms with E-state index in [1.165, 1.54) is 19.1 Å². The second kappa shape index (κ2) is 5.05. The normalized spacial score (nSPS) is 14.3. The highest BCUT2D eigenvalue weighted by atomic mass is 19.1. The summed E-state index contributed by atoms with van der Waals surface area (Å²) in [5.74, 6) is -1.35. The molecule has 0 aromatic heterocycles. The van der Waals surface area contributed by atoms with E-state index >= 15 is 0 Å². The number of hydrogen-bond acceptors (Lipinski definition) is 4. The van der Waals surface area contributed by atoms with Crippen LogP contribution in [0.25, 0.3) is 0 Å². The predicted octanol–water partition coefficient (Wildman–Crippen LogP) is 0.701. The molecule has 0 amide bonds. The summed E-state index contributed by atoms with van der Waals surface area (Å²) in [6.45, 7) is 1.52. The minimum atomic E-state index is -1.67. The lowest BCUT2D eigenvalue weighted by molar-refractivity contribution is -0.156. The minimum Gasteiger partial charge on any atom is -0.467 e. The van der Waals surface area contributed by atoms with Crippen molar-refractivity contribution in [2.24, 2.45) is 0 Å². The van der Waals surface area contributed by atoms with E-state index in [2.05, 4.69) is 4.74 Å². The largest absolute Gasteiger partial charge is 0.467 e. The van der Waals surface area contributed by atoms with Crippen LogP contribution in [0.1, 0.15) is 17.2 Å². The molecule has 2 unspecified atom stereocenters. The van der Waals surface area contributed by atoms with Crippen LogP contribution in [0.4, 0.5) is 4.39 Å². The Hall–Kier alpha value is -1.46. The number of aliphatic hydroxyl groups excluding tert-OH is 2. The number of carbonyl (C=O) groups excluding carboxylic acids is 1. The summed E-state index contributed by atoms with van der Waals surface area (Å²) >= 11 is 0. The van der Waals surface area contributed by atoms with Crippen molar-refractivity contribution >= 4 is 5.97 Å². The Morgan fingerprint density at radius 2 is 2.06 bits per heavy atom. The van der Waals surface area contributed by atoms with Crippen LogP contribution in [-0.4, -0.2) is 29.4 Å². The second-order valence-electron chi connectivity index (χ2n) is 3.42. The number of aliphatic hydroxyl groups is 2. The monoisotopic (exact) mass is 228 g/mol. The van der Waals surface area contributed by atoms with Crippen molar-refractivity contribution in [3.05, 3.63) is 35.1 Å². The smallest absolute Gasteiger partial charge is 0.337 e. The minimum absolute atomic E-state index is 0.261. The van der Waals surface area contributed by atoms with Crippen LogP contribution in [-0.2, 0) is 9.53 Å². The van der Waals surface area contributed by atoms with Gasteiger partial charge in [0.1, 0.15) is 11.9 Å². The molecule has 0 heterocycles. The van der Waals surface area contributed by atoms with Crippen molar-refractivity contribution in [3.8, 4) is 0 Å². The molecule has 2 N–H and O–H groups in total. The number of carbonyl (C=O) groups is 1. The van der Waals surface area contributed by atoms with Crippen molar-refractivity contribution in [2.75, 3.05) is 7.11 Å². The van der Waals surface area contributed by atoms with Crippen molar-refractivity contribution < 1.29 is 24.1 Å². The zero-order valence-corrected chi connectivity index (χ0v) is 8.98. The highest BCUT2D eigenvalue weighted by molar-refractivity contribution is 5.75. The number of halogens is 1. The molecule has 0 saturated heterocycles. The number of aryl methyl sites for hydroxylation is 1. The number of rotatable bonds is 3. The van der Waals surface area contributed by atoms with Crippen LogP contribution >= 0.6 is 0 Å². The maximum absolute atomic E-state index is 13.0. The van der Waals surface area contributed by atoms with Gasteiger partial charge in [-0.05, 0) is 24.1 Å². The van der Waals surface area contributed by atoms with Crippen LogP contribution in [0.2, 0.25) is 0 Å². The van der Waals surface area contributed by atoms with Crippen LogP contribution in [0.3, 0.4) is 0 Å². The van der Waals surface area contributed by atoms with E-state index in [-0.39, 0.29) is 5.56 Å². The number of ether oxygens (including phenoxy) is 1. The fourth-order valence-corrected chi connectivity index (χ4v) is 1.28. The molecule has 0 saturated carbocycles. The first-order valence-corrected chi connectivity index (χ1v) is 4.67. The zero-order valence-electron chi connectivity index (χ0n) is 8.98. The Morgan fingerprint density at radius 3 is 2.56 bits per heavy atom. The van der Waals surface area contributed by atoms with Gasteiger partial charge in [0.15, 0.2) is 6.10 Å². The van der Waals surface area contributed by atoms with Crippen molar-refractivity contribution in [2.45, 2.75) is 19.1 Å². The van der Waals surface area contributed by atoms with Gasteiger partial charge in [-0.3, -0.25) is 0 Å². The molecule has 88 valence electrons. The van der Waals surface area contributed by atoms with Gasteiger partial charge in [-0.25, -0.2) is 9.18 Å². The highest BCUT2D eigenvalue weighted by Gasteiger charge is 2.26. The fraction of sp³-hybridized carbons (Fsp3) is 0.364. The van der Waals surface area contributed by atoms with Crippen molar-refractivity contribution in [1.29, 1.82) is 0 Å². The quantitative estimate of drug-likeness (QED) is 0.747. The maximum atomic E-state index is 13.0. The molecule has 0 aliphatic rings. The average Bonchev–Trinajstić information content (AvgIpc) is 2.29. The second-order valence-corrected chi connectivity index (χ2v) is 3.42. The predicted molar refractivity (Wildman–Crippen MR) is 54.1 cm³/mol. The fourth-order valence-electron chi connectivity index (χ4n) is 1.28. The van der Waals surface area contributed by atoms with E-state index in [0.717, 1.165) is 13.2 Å². The van der Waals surface area contributed by atoms with Gasteiger partial charge >= 0.3 is 5.97 Å². The molecule has 1 aromatic carbocycles. The van der Waals surface area contributed by atoms with E-state index in [0.29, 0.717) is 5.56 Å². The molecule has 4 nitrogen and oxygen atoms in total. The molecule has 16 heavy (non-hydrogen) atoms. The molecule has 0 radical (unpaired) electrons. The Bertz CT molecular complexity index is 392. The molecular weight excluding hydrogens is 215 g/mol. The molecule has 0 fully saturated rings. The van der Waals surface area contributed by atoms with E-state index in [1.54, 1.807) is 0 Å². The van der Waals surface area contributed by atoms with Crippen LogP contribution in [0.15, 0.2) is 18.2 Å². The van der Waals surface area contributed by atoms with Gasteiger partial charge in [0.05, 0.1) is 7.11 Å². The third kappa shape index (κ3) is 2.56. The molecule has 0 bridgehead atoms. The Balaban J connectivity index is 2.91. The third-order valence-electron chi connectivity index (χ3n) is 2.27. The SMILES string of the molecule is COC(=O)C(O)C(O)c1ccc(F)c(C)c1. The number of esters is 1. The Kier molecular flexibility index (Phi) is 3.98. The molecule has 0 spiro atoms. The topological polar surface area (TPSA) is 66.8 Å². The zero-order chi connectivity index (χ0) is 12.3. The average molecular weight is 228 g/mol. The van der Waals surface area contributed by atoms with E-state index < -0.39 is 24.0 Å². The van der Waals surface area contributed by atoms with Crippen LogP contribution < -0.4 is 0 Å². The summed E-state index contributed by atoms with van der Waals surface area (Å²) in [6, 6.07) is 3.84. The number of hydrogen-bond donors (Lipinski definition) is 2. The highest BCUT2D eigenvalue weighted by Crippen LogP contribution is 2.20. The first-order valence-electron chi connectivity index (χ1n) is 4.67. The molecule has 0 aliphatic heterocycles. The van der Waals surface area contributed by atoms with Gasteiger partial charge in [-0.15, -0.1) is 0 Å². The van der Waals surface area contributed by atoms with Gasteiger partial charge in [0.2, 0.25) is 0 Å². The maximum Gasteiger partial charge on any atom is 0.337 e. The van der Waals surface area contributed by atoms with Gasteiger partial charge in [0, 0.05) is 0 Å². The van der Waals surface area contributed by atoms with E-state index in [1.807, 2.05) is 0 Å². The summed E-state index contributed by atoms with van der Waals surface area (Å²) in [5, 5.41) is 19.0. The Labute approximate surface area is 92.3 Å². The lowest BCUT2D eigenvalue weighted by Gasteiger charge is -2.16. The van der Waals surface area contributed by atoms with Gasteiger partial charge < -0.3 is 14.9 Å². The van der Waals surface area contributed by atoms with Crippen LogP contribution in [0.5, 0.6) is 0 Å². The first-order chi connectivity index (χ1) is 7.47. The first kappa shape index (κ1) is 12.6. The summed E-state index contributed by atoms with van der Waals surface area (Å²) in [4.78, 5) is 11.0. The van der Waals surface area contributed by atoms with Gasteiger partial charge in [0.25, 0.3) is 0 Å². The molecule has 0 aliphatic carbocycles. The molecule has 5 heteroatoms. The molecule has 1 aromatic rings. The molecular formula is C11H13FO4. The standard InChI is InChI=1S/C11H13FO4/c1-6-5-7(3-4-8(6)12)9(13)10(14)11(15)16-2/h3-5,9-10,13-14H,1-2H3. The van der Waals surface area contributed by atoms with Crippen molar-refractivity contribution in [1.82, 2.24) is 0 Å². The van der Waals surface area contributed by atoms with Gasteiger partial charge in [-0.1, -0.05) is 12.1 Å². The summed E-state index contributed by atoms with van der Waals surface area (Å²) in [7, 11) is 1.11. The summed E-state index contributed by atoms with van der Waals surface area (Å²) in [6.07, 6.45) is -3.10.